The number of benzene rings is 1. The minimum atomic E-state index is -3.54. The molecule has 3 rings (SSSR count). The Morgan fingerprint density at radius 1 is 1.33 bits per heavy atom. The van der Waals surface area contributed by atoms with E-state index in [1.54, 1.807) is 11.2 Å². The average molecular weight is 343 g/mol. The van der Waals surface area contributed by atoms with Crippen LogP contribution in [0.1, 0.15) is 24.1 Å². The lowest BCUT2D eigenvalue weighted by Crippen LogP contribution is -2.32. The minimum absolute atomic E-state index is 0.0930. The highest BCUT2D eigenvalue weighted by atomic mass is 35.5. The Hall–Kier alpha value is -0.950. The first-order valence-corrected chi connectivity index (χ1v) is 9.30. The number of aryl methyl sites for hydroxylation is 1. The zero-order chi connectivity index (χ0) is 15.0. The van der Waals surface area contributed by atoms with Gasteiger partial charge in [-0.1, -0.05) is 53.3 Å². The van der Waals surface area contributed by atoms with Crippen LogP contribution in [0.25, 0.3) is 0 Å². The van der Waals surface area contributed by atoms with E-state index in [1.165, 1.54) is 0 Å². The summed E-state index contributed by atoms with van der Waals surface area (Å²) in [7, 11) is -3.54. The Labute approximate surface area is 133 Å². The molecule has 21 heavy (non-hydrogen) atoms. The van der Waals surface area contributed by atoms with Crippen LogP contribution in [-0.2, 0) is 16.6 Å². The van der Waals surface area contributed by atoms with Gasteiger partial charge in [0, 0.05) is 12.6 Å². The van der Waals surface area contributed by atoms with Gasteiger partial charge in [-0.05, 0) is 25.3 Å². The van der Waals surface area contributed by atoms with E-state index < -0.39 is 10.0 Å². The van der Waals surface area contributed by atoms with Crippen LogP contribution in [0, 0.1) is 6.92 Å². The summed E-state index contributed by atoms with van der Waals surface area (Å²) in [5.41, 5.74) is 1.46. The van der Waals surface area contributed by atoms with Gasteiger partial charge >= 0.3 is 0 Å². The Morgan fingerprint density at radius 2 is 2.00 bits per heavy atom. The minimum Gasteiger partial charge on any atom is -0.229 e. The van der Waals surface area contributed by atoms with Crippen molar-refractivity contribution in [2.24, 2.45) is 0 Å². The van der Waals surface area contributed by atoms with Crippen LogP contribution in [0.3, 0.4) is 0 Å². The summed E-state index contributed by atoms with van der Waals surface area (Å²) in [6.07, 6.45) is 1.83. The third-order valence-corrected chi connectivity index (χ3v) is 7.15. The van der Waals surface area contributed by atoms with Crippen molar-refractivity contribution < 1.29 is 8.42 Å². The molecule has 1 aliphatic rings. The van der Waals surface area contributed by atoms with Gasteiger partial charge in [0.1, 0.15) is 0 Å². The normalized spacial score (nSPS) is 15.6. The van der Waals surface area contributed by atoms with Crippen molar-refractivity contribution >= 4 is 33.0 Å². The fourth-order valence-corrected chi connectivity index (χ4v) is 5.76. The largest absolute Gasteiger partial charge is 0.255 e. The van der Waals surface area contributed by atoms with Crippen LogP contribution < -0.4 is 0 Å². The number of hydrogen-bond donors (Lipinski definition) is 0. The third-order valence-electron chi connectivity index (χ3n) is 3.41. The Kier molecular flexibility index (Phi) is 4.05. The maximum absolute atomic E-state index is 12.9. The molecule has 0 N–H and O–H groups in total. The van der Waals surface area contributed by atoms with Gasteiger partial charge in [-0.25, -0.2) is 13.4 Å². The molecule has 0 radical (unpaired) electrons. The molecule has 0 aliphatic heterocycles. The van der Waals surface area contributed by atoms with Gasteiger partial charge in [0.05, 0.1) is 5.69 Å². The topological polar surface area (TPSA) is 50.3 Å². The fraction of sp³-hybridized carbons (Fsp3) is 0.357. The van der Waals surface area contributed by atoms with Crippen molar-refractivity contribution in [3.8, 4) is 0 Å². The van der Waals surface area contributed by atoms with Crippen molar-refractivity contribution in [2.75, 3.05) is 0 Å². The van der Waals surface area contributed by atoms with Crippen LogP contribution in [0.2, 0.25) is 4.47 Å². The molecule has 1 aromatic heterocycles. The lowest BCUT2D eigenvalue weighted by Gasteiger charge is -2.21. The third kappa shape index (κ3) is 3.13. The molecule has 0 bridgehead atoms. The molecule has 1 fully saturated rings. The zero-order valence-electron chi connectivity index (χ0n) is 11.5. The predicted molar refractivity (Wildman–Crippen MR) is 84.1 cm³/mol. The van der Waals surface area contributed by atoms with E-state index in [9.17, 15) is 8.42 Å². The van der Waals surface area contributed by atoms with Gasteiger partial charge in [0.2, 0.25) is 0 Å². The van der Waals surface area contributed by atoms with E-state index in [0.29, 0.717) is 12.2 Å². The molecule has 112 valence electrons. The van der Waals surface area contributed by atoms with Gasteiger partial charge in [0.15, 0.2) is 8.68 Å². The van der Waals surface area contributed by atoms with E-state index in [4.69, 9.17) is 11.6 Å². The fourth-order valence-electron chi connectivity index (χ4n) is 2.23. The number of hydrogen-bond acceptors (Lipinski definition) is 4. The summed E-state index contributed by atoms with van der Waals surface area (Å²) in [5.74, 6) is 0. The summed E-state index contributed by atoms with van der Waals surface area (Å²) in [5, 5.41) is 0. The smallest absolute Gasteiger partial charge is 0.229 e. The van der Waals surface area contributed by atoms with Gasteiger partial charge in [0.25, 0.3) is 10.0 Å². The molecule has 0 atom stereocenters. The second-order valence-electron chi connectivity index (χ2n) is 5.11. The van der Waals surface area contributed by atoms with E-state index in [0.717, 1.165) is 29.7 Å². The Balaban J connectivity index is 1.95. The summed E-state index contributed by atoms with van der Waals surface area (Å²) >= 11 is 6.89. The number of halogens is 1. The first kappa shape index (κ1) is 15.0. The van der Waals surface area contributed by atoms with E-state index in [1.807, 2.05) is 30.3 Å². The number of sulfonamides is 1. The molecule has 0 amide bonds. The molecular formula is C14H15ClN2O2S2. The van der Waals surface area contributed by atoms with Gasteiger partial charge in [-0.2, -0.15) is 4.31 Å². The molecule has 2 aromatic rings. The van der Waals surface area contributed by atoms with Crippen LogP contribution in [0.4, 0.5) is 0 Å². The maximum atomic E-state index is 12.9. The molecule has 1 heterocycles. The van der Waals surface area contributed by atoms with Gasteiger partial charge in [-0.3, -0.25) is 0 Å². The van der Waals surface area contributed by atoms with E-state index in [-0.39, 0.29) is 14.7 Å². The number of aromatic nitrogens is 1. The molecule has 1 aromatic carbocycles. The van der Waals surface area contributed by atoms with Crippen LogP contribution >= 0.6 is 22.9 Å². The molecule has 1 saturated carbocycles. The van der Waals surface area contributed by atoms with E-state index >= 15 is 0 Å². The molecule has 0 spiro atoms. The number of nitrogens with zero attached hydrogens (tertiary/aromatic N) is 2. The summed E-state index contributed by atoms with van der Waals surface area (Å²) < 4.78 is 27.9. The van der Waals surface area contributed by atoms with Gasteiger partial charge < -0.3 is 0 Å². The first-order valence-electron chi connectivity index (χ1n) is 6.67. The highest BCUT2D eigenvalue weighted by Crippen LogP contribution is 2.37. The maximum Gasteiger partial charge on any atom is 0.255 e. The monoisotopic (exact) mass is 342 g/mol. The summed E-state index contributed by atoms with van der Waals surface area (Å²) in [6, 6.07) is 9.74. The number of rotatable bonds is 5. The predicted octanol–water partition coefficient (Wildman–Crippen LogP) is 3.46. The SMILES string of the molecule is Cc1nc(Cl)sc1S(=O)(=O)N(Cc1ccccc1)C1CC1. The van der Waals surface area contributed by atoms with Crippen LogP contribution in [0.15, 0.2) is 34.5 Å². The summed E-state index contributed by atoms with van der Waals surface area (Å²) in [6.45, 7) is 2.08. The van der Waals surface area contributed by atoms with Crippen molar-refractivity contribution in [1.29, 1.82) is 0 Å². The van der Waals surface area contributed by atoms with Crippen molar-refractivity contribution in [3.63, 3.8) is 0 Å². The molecule has 7 heteroatoms. The lowest BCUT2D eigenvalue weighted by molar-refractivity contribution is 0.399. The van der Waals surface area contributed by atoms with Crippen molar-refractivity contribution in [2.45, 2.75) is 36.6 Å². The Bertz CT molecular complexity index is 740. The van der Waals surface area contributed by atoms with E-state index in [2.05, 4.69) is 4.98 Å². The second-order valence-corrected chi connectivity index (χ2v) is 8.77. The highest BCUT2D eigenvalue weighted by molar-refractivity contribution is 7.91. The highest BCUT2D eigenvalue weighted by Gasteiger charge is 2.39. The molecule has 1 aliphatic carbocycles. The lowest BCUT2D eigenvalue weighted by atomic mass is 10.2. The standard InChI is InChI=1S/C14H15ClN2O2S2/c1-10-13(20-14(15)16-10)21(18,19)17(12-7-8-12)9-11-5-3-2-4-6-11/h2-6,12H,7-9H2,1H3. The zero-order valence-corrected chi connectivity index (χ0v) is 13.9. The number of thiazole rings is 1. The molecular weight excluding hydrogens is 328 g/mol. The average Bonchev–Trinajstić information content (AvgIpc) is 3.21. The molecule has 0 unspecified atom stereocenters. The van der Waals surface area contributed by atoms with Crippen LogP contribution in [0.5, 0.6) is 0 Å². The molecule has 0 saturated heterocycles. The van der Waals surface area contributed by atoms with Crippen molar-refractivity contribution in [3.05, 3.63) is 46.1 Å². The second kappa shape index (κ2) is 5.68. The summed E-state index contributed by atoms with van der Waals surface area (Å²) in [4.78, 5) is 4.02. The quantitative estimate of drug-likeness (QED) is 0.836. The van der Waals surface area contributed by atoms with Crippen molar-refractivity contribution in [1.82, 2.24) is 9.29 Å². The van der Waals surface area contributed by atoms with Gasteiger partial charge in [-0.15, -0.1) is 0 Å². The first-order chi connectivity index (χ1) is 9.98. The Morgan fingerprint density at radius 3 is 2.52 bits per heavy atom. The molecule has 4 nitrogen and oxygen atoms in total. The van der Waals surface area contributed by atoms with Crippen LogP contribution in [-0.4, -0.2) is 23.7 Å².